The molecule has 0 aliphatic carbocycles. The number of pyridine rings is 1. The van der Waals surface area contributed by atoms with E-state index in [4.69, 9.17) is 0 Å². The molecule has 0 fully saturated rings. The third-order valence-corrected chi connectivity index (χ3v) is 4.57. The Kier molecular flexibility index (Phi) is 3.61. The van der Waals surface area contributed by atoms with Crippen molar-refractivity contribution in [2.24, 2.45) is 0 Å². The summed E-state index contributed by atoms with van der Waals surface area (Å²) in [6, 6.07) is 19.8. The van der Waals surface area contributed by atoms with Crippen molar-refractivity contribution in [3.05, 3.63) is 71.9 Å². The summed E-state index contributed by atoms with van der Waals surface area (Å²) in [4.78, 5) is 5.42. The van der Waals surface area contributed by atoms with Gasteiger partial charge in [-0.3, -0.25) is 9.19 Å². The Morgan fingerprint density at radius 3 is 2.50 bits per heavy atom. The molecule has 20 heavy (non-hydrogen) atoms. The Hall–Kier alpha value is -2.00. The normalized spacial score (nSPS) is 12.4. The third kappa shape index (κ3) is 2.78. The summed E-state index contributed by atoms with van der Waals surface area (Å²) in [6.45, 7) is 2.03. The molecule has 0 amide bonds. The van der Waals surface area contributed by atoms with Crippen LogP contribution in [0.3, 0.4) is 0 Å². The summed E-state index contributed by atoms with van der Waals surface area (Å²) in [5.41, 5.74) is 2.99. The van der Waals surface area contributed by atoms with Gasteiger partial charge in [-0.15, -0.1) is 0 Å². The number of nitrogens with zero attached hydrogens (tertiary/aromatic N) is 1. The molecule has 0 saturated heterocycles. The van der Waals surface area contributed by atoms with E-state index < -0.39 is 10.8 Å². The van der Waals surface area contributed by atoms with Crippen LogP contribution in [0.2, 0.25) is 0 Å². The lowest BCUT2D eigenvalue weighted by Crippen LogP contribution is -1.99. The Bertz CT molecular complexity index is 765. The Balaban J connectivity index is 1.85. The van der Waals surface area contributed by atoms with E-state index in [1.54, 1.807) is 0 Å². The molecule has 1 atom stereocenters. The zero-order chi connectivity index (χ0) is 13.9. The zero-order valence-electron chi connectivity index (χ0n) is 11.2. The predicted molar refractivity (Wildman–Crippen MR) is 83.0 cm³/mol. The van der Waals surface area contributed by atoms with Gasteiger partial charge in [-0.05, 0) is 31.2 Å². The largest absolute Gasteiger partial charge is 0.254 e. The first-order chi connectivity index (χ1) is 9.72. The van der Waals surface area contributed by atoms with Gasteiger partial charge < -0.3 is 0 Å². The molecule has 3 heteroatoms. The van der Waals surface area contributed by atoms with Crippen LogP contribution in [0.4, 0.5) is 0 Å². The van der Waals surface area contributed by atoms with Crippen LogP contribution in [0.25, 0.3) is 10.9 Å². The molecule has 2 aromatic carbocycles. The molecular weight excluding hydrogens is 266 g/mol. The van der Waals surface area contributed by atoms with Crippen LogP contribution in [0.5, 0.6) is 0 Å². The molecule has 3 aromatic rings. The number of para-hydroxylation sites is 1. The number of hydrogen-bond acceptors (Lipinski definition) is 2. The lowest BCUT2D eigenvalue weighted by atomic mass is 10.2. The molecule has 0 saturated carbocycles. The van der Waals surface area contributed by atoms with Crippen LogP contribution in [-0.2, 0) is 16.6 Å². The van der Waals surface area contributed by atoms with Crippen molar-refractivity contribution in [1.82, 2.24) is 4.98 Å². The van der Waals surface area contributed by atoms with Gasteiger partial charge in [0.1, 0.15) is 0 Å². The van der Waals surface area contributed by atoms with E-state index in [2.05, 4.69) is 4.98 Å². The summed E-state index contributed by atoms with van der Waals surface area (Å²) >= 11 is 0. The Labute approximate surface area is 120 Å². The van der Waals surface area contributed by atoms with E-state index in [1.165, 1.54) is 5.56 Å². The smallest absolute Gasteiger partial charge is 0.0705 e. The second-order valence-electron chi connectivity index (χ2n) is 4.80. The summed E-state index contributed by atoms with van der Waals surface area (Å²) in [5.74, 6) is 0.452. The second-order valence-corrected chi connectivity index (χ2v) is 6.25. The number of aromatic nitrogens is 1. The van der Waals surface area contributed by atoms with Gasteiger partial charge in [0.05, 0.1) is 27.8 Å². The second kappa shape index (κ2) is 5.55. The van der Waals surface area contributed by atoms with Crippen molar-refractivity contribution in [1.29, 1.82) is 0 Å². The monoisotopic (exact) mass is 281 g/mol. The van der Waals surface area contributed by atoms with Crippen molar-refractivity contribution in [3.63, 3.8) is 0 Å². The van der Waals surface area contributed by atoms with Crippen LogP contribution in [0.15, 0.2) is 65.6 Å². The first kappa shape index (κ1) is 13.0. The van der Waals surface area contributed by atoms with Gasteiger partial charge in [0.25, 0.3) is 0 Å². The summed E-state index contributed by atoms with van der Waals surface area (Å²) in [6.07, 6.45) is 0. The number of aryl methyl sites for hydroxylation is 1. The quantitative estimate of drug-likeness (QED) is 0.730. The average Bonchev–Trinajstić information content (AvgIpc) is 2.48. The lowest BCUT2D eigenvalue weighted by Gasteiger charge is -2.04. The van der Waals surface area contributed by atoms with E-state index in [0.29, 0.717) is 5.75 Å². The molecule has 0 aliphatic rings. The van der Waals surface area contributed by atoms with Crippen molar-refractivity contribution in [2.75, 3.05) is 0 Å². The minimum absolute atomic E-state index is 0.452. The highest BCUT2D eigenvalue weighted by Gasteiger charge is 2.06. The highest BCUT2D eigenvalue weighted by atomic mass is 32.2. The molecule has 0 spiro atoms. The molecule has 100 valence electrons. The van der Waals surface area contributed by atoms with E-state index in [9.17, 15) is 4.21 Å². The summed E-state index contributed by atoms with van der Waals surface area (Å²) < 4.78 is 12.3. The molecule has 0 aliphatic heterocycles. The first-order valence-corrected chi connectivity index (χ1v) is 7.84. The molecule has 0 bridgehead atoms. The number of benzene rings is 2. The topological polar surface area (TPSA) is 30.0 Å². The van der Waals surface area contributed by atoms with Gasteiger partial charge in [0.15, 0.2) is 0 Å². The molecule has 2 nitrogen and oxygen atoms in total. The van der Waals surface area contributed by atoms with Crippen molar-refractivity contribution in [3.8, 4) is 0 Å². The van der Waals surface area contributed by atoms with Gasteiger partial charge in [0.2, 0.25) is 0 Å². The fraction of sp³-hybridized carbons (Fsp3) is 0.118. The highest BCUT2D eigenvalue weighted by molar-refractivity contribution is 7.84. The molecule has 1 unspecified atom stereocenters. The minimum Gasteiger partial charge on any atom is -0.254 e. The molecule has 0 radical (unpaired) electrons. The average molecular weight is 281 g/mol. The summed E-state index contributed by atoms with van der Waals surface area (Å²) in [7, 11) is -1.05. The molecule has 1 heterocycles. The molecule has 0 N–H and O–H groups in total. The first-order valence-electron chi connectivity index (χ1n) is 6.52. The Morgan fingerprint density at radius 2 is 1.70 bits per heavy atom. The van der Waals surface area contributed by atoms with Crippen LogP contribution in [0, 0.1) is 6.92 Å². The van der Waals surface area contributed by atoms with Crippen molar-refractivity contribution in [2.45, 2.75) is 17.6 Å². The van der Waals surface area contributed by atoms with Crippen molar-refractivity contribution < 1.29 is 4.21 Å². The van der Waals surface area contributed by atoms with Gasteiger partial charge >= 0.3 is 0 Å². The fourth-order valence-corrected chi connectivity index (χ4v) is 3.13. The molecule has 3 rings (SSSR count). The standard InChI is InChI=1S/C17H15NOS/c1-13-6-10-16(11-7-13)20(19)12-15-9-8-14-4-2-3-5-17(14)18-15/h2-11H,12H2,1H3. The van der Waals surface area contributed by atoms with E-state index in [-0.39, 0.29) is 0 Å². The zero-order valence-corrected chi connectivity index (χ0v) is 12.1. The third-order valence-electron chi connectivity index (χ3n) is 3.22. The van der Waals surface area contributed by atoms with Gasteiger partial charge in [-0.1, -0.05) is 42.0 Å². The van der Waals surface area contributed by atoms with Crippen LogP contribution < -0.4 is 0 Å². The van der Waals surface area contributed by atoms with Crippen LogP contribution in [0.1, 0.15) is 11.3 Å². The van der Waals surface area contributed by atoms with E-state index in [0.717, 1.165) is 21.5 Å². The number of hydrogen-bond donors (Lipinski definition) is 0. The minimum atomic E-state index is -1.05. The van der Waals surface area contributed by atoms with Crippen LogP contribution in [-0.4, -0.2) is 9.19 Å². The predicted octanol–water partition coefficient (Wildman–Crippen LogP) is 3.85. The number of fused-ring (bicyclic) bond motifs is 1. The maximum absolute atomic E-state index is 12.3. The van der Waals surface area contributed by atoms with Crippen LogP contribution >= 0.6 is 0 Å². The van der Waals surface area contributed by atoms with Gasteiger partial charge in [-0.2, -0.15) is 0 Å². The lowest BCUT2D eigenvalue weighted by molar-refractivity contribution is 0.682. The van der Waals surface area contributed by atoms with Gasteiger partial charge in [0, 0.05) is 10.3 Å². The fourth-order valence-electron chi connectivity index (χ4n) is 2.10. The maximum Gasteiger partial charge on any atom is 0.0705 e. The Morgan fingerprint density at radius 1 is 0.950 bits per heavy atom. The molecule has 1 aromatic heterocycles. The van der Waals surface area contributed by atoms with E-state index >= 15 is 0 Å². The molecular formula is C17H15NOS. The number of rotatable bonds is 3. The SMILES string of the molecule is Cc1ccc(S(=O)Cc2ccc3ccccc3n2)cc1. The van der Waals surface area contributed by atoms with Gasteiger partial charge in [-0.25, -0.2) is 0 Å². The van der Waals surface area contributed by atoms with Crippen molar-refractivity contribution >= 4 is 21.7 Å². The highest BCUT2D eigenvalue weighted by Crippen LogP contribution is 2.16. The summed E-state index contributed by atoms with van der Waals surface area (Å²) in [5, 5.41) is 1.11. The maximum atomic E-state index is 12.3. The van der Waals surface area contributed by atoms with E-state index in [1.807, 2.05) is 67.6 Å².